The van der Waals surface area contributed by atoms with Crippen molar-refractivity contribution in [1.29, 1.82) is 0 Å². The first-order chi connectivity index (χ1) is 11.7. The third kappa shape index (κ3) is 2.68. The van der Waals surface area contributed by atoms with Gasteiger partial charge in [-0.15, -0.1) is 0 Å². The molecular formula is C21H21FO2. The summed E-state index contributed by atoms with van der Waals surface area (Å²) in [5, 5.41) is 0. The molecule has 1 spiro atoms. The molecule has 124 valence electrons. The van der Waals surface area contributed by atoms with Crippen molar-refractivity contribution in [2.75, 3.05) is 6.61 Å². The Morgan fingerprint density at radius 1 is 1.08 bits per heavy atom. The van der Waals surface area contributed by atoms with E-state index in [1.54, 1.807) is 0 Å². The van der Waals surface area contributed by atoms with Crippen LogP contribution >= 0.6 is 0 Å². The fourth-order valence-electron chi connectivity index (χ4n) is 3.74. The lowest BCUT2D eigenvalue weighted by molar-refractivity contribution is 0.124. The van der Waals surface area contributed by atoms with Crippen LogP contribution in [0, 0.1) is 5.82 Å². The van der Waals surface area contributed by atoms with E-state index in [2.05, 4.69) is 6.08 Å². The van der Waals surface area contributed by atoms with Crippen LogP contribution in [0.25, 0.3) is 5.57 Å². The normalized spacial score (nSPS) is 18.0. The quantitative estimate of drug-likeness (QED) is 0.756. The van der Waals surface area contributed by atoms with Crippen molar-refractivity contribution in [3.8, 4) is 11.5 Å². The van der Waals surface area contributed by atoms with Crippen LogP contribution in [0.1, 0.15) is 43.7 Å². The molecule has 0 aromatic heterocycles. The maximum atomic E-state index is 13.3. The second-order valence-electron chi connectivity index (χ2n) is 6.53. The molecule has 2 aliphatic rings. The van der Waals surface area contributed by atoms with E-state index in [1.165, 1.54) is 25.0 Å². The van der Waals surface area contributed by atoms with E-state index in [0.717, 1.165) is 41.0 Å². The molecule has 1 heterocycles. The van der Waals surface area contributed by atoms with Crippen molar-refractivity contribution in [2.24, 2.45) is 0 Å². The molecule has 0 amide bonds. The van der Waals surface area contributed by atoms with Crippen LogP contribution < -0.4 is 9.47 Å². The number of benzene rings is 2. The van der Waals surface area contributed by atoms with Gasteiger partial charge in [-0.05, 0) is 74.1 Å². The van der Waals surface area contributed by atoms with E-state index in [-0.39, 0.29) is 11.4 Å². The van der Waals surface area contributed by atoms with E-state index in [0.29, 0.717) is 6.61 Å². The molecule has 0 saturated heterocycles. The molecule has 1 aliphatic heterocycles. The molecule has 1 aliphatic carbocycles. The summed E-state index contributed by atoms with van der Waals surface area (Å²) in [6.07, 6.45) is 6.64. The van der Waals surface area contributed by atoms with Gasteiger partial charge < -0.3 is 9.47 Å². The summed E-state index contributed by atoms with van der Waals surface area (Å²) in [5.74, 6) is 1.48. The summed E-state index contributed by atoms with van der Waals surface area (Å²) in [6, 6.07) is 12.7. The van der Waals surface area contributed by atoms with Gasteiger partial charge in [-0.1, -0.05) is 12.1 Å². The van der Waals surface area contributed by atoms with Gasteiger partial charge in [-0.2, -0.15) is 0 Å². The van der Waals surface area contributed by atoms with E-state index < -0.39 is 0 Å². The van der Waals surface area contributed by atoms with Gasteiger partial charge in [-0.25, -0.2) is 4.39 Å². The summed E-state index contributed by atoms with van der Waals surface area (Å²) in [5.41, 5.74) is 2.96. The Morgan fingerprint density at radius 3 is 2.54 bits per heavy atom. The maximum Gasteiger partial charge on any atom is 0.132 e. The molecule has 0 radical (unpaired) electrons. The molecule has 0 bridgehead atoms. The first-order valence-corrected chi connectivity index (χ1v) is 8.64. The van der Waals surface area contributed by atoms with E-state index in [9.17, 15) is 4.39 Å². The van der Waals surface area contributed by atoms with E-state index in [4.69, 9.17) is 9.47 Å². The molecule has 24 heavy (non-hydrogen) atoms. The van der Waals surface area contributed by atoms with Crippen LogP contribution in [-0.4, -0.2) is 12.2 Å². The summed E-state index contributed by atoms with van der Waals surface area (Å²) in [7, 11) is 0. The highest BCUT2D eigenvalue weighted by Gasteiger charge is 2.38. The topological polar surface area (TPSA) is 18.5 Å². The first kappa shape index (κ1) is 15.3. The average Bonchev–Trinajstić information content (AvgIpc) is 3.02. The Labute approximate surface area is 141 Å². The van der Waals surface area contributed by atoms with Crippen LogP contribution in [-0.2, 0) is 0 Å². The molecule has 1 saturated carbocycles. The number of rotatable bonds is 3. The Bertz CT molecular complexity index is 771. The number of hydrogen-bond donors (Lipinski definition) is 0. The van der Waals surface area contributed by atoms with Crippen molar-refractivity contribution >= 4 is 5.57 Å². The second-order valence-corrected chi connectivity index (χ2v) is 6.53. The highest BCUT2D eigenvalue weighted by molar-refractivity contribution is 5.85. The maximum absolute atomic E-state index is 13.3. The Kier molecular flexibility index (Phi) is 3.79. The van der Waals surface area contributed by atoms with Gasteiger partial charge in [0.15, 0.2) is 0 Å². The SMILES string of the molecule is CCOc1ccc2c(c1)OC1(C=C2c2ccc(F)cc2)CCCC1. The molecule has 2 nitrogen and oxygen atoms in total. The zero-order valence-electron chi connectivity index (χ0n) is 13.8. The number of fused-ring (bicyclic) bond motifs is 1. The molecular weight excluding hydrogens is 303 g/mol. The van der Waals surface area contributed by atoms with Gasteiger partial charge in [-0.3, -0.25) is 0 Å². The molecule has 4 rings (SSSR count). The predicted octanol–water partition coefficient (Wildman–Crippen LogP) is 5.36. The minimum absolute atomic E-state index is 0.214. The van der Waals surface area contributed by atoms with Gasteiger partial charge in [0.1, 0.15) is 22.9 Å². The zero-order valence-corrected chi connectivity index (χ0v) is 13.8. The Balaban J connectivity index is 1.83. The summed E-state index contributed by atoms with van der Waals surface area (Å²) in [4.78, 5) is 0. The fourth-order valence-corrected chi connectivity index (χ4v) is 3.74. The van der Waals surface area contributed by atoms with Crippen molar-refractivity contribution in [3.63, 3.8) is 0 Å². The predicted molar refractivity (Wildman–Crippen MR) is 92.9 cm³/mol. The highest BCUT2D eigenvalue weighted by Crippen LogP contribution is 2.46. The van der Waals surface area contributed by atoms with Crippen LogP contribution in [0.5, 0.6) is 11.5 Å². The minimum Gasteiger partial charge on any atom is -0.494 e. The molecule has 2 aromatic carbocycles. The lowest BCUT2D eigenvalue weighted by Crippen LogP contribution is -2.33. The lowest BCUT2D eigenvalue weighted by atomic mass is 9.87. The number of hydrogen-bond acceptors (Lipinski definition) is 2. The molecule has 2 aromatic rings. The lowest BCUT2D eigenvalue weighted by Gasteiger charge is -2.34. The second kappa shape index (κ2) is 5.97. The number of halogens is 1. The van der Waals surface area contributed by atoms with Crippen molar-refractivity contribution in [2.45, 2.75) is 38.2 Å². The average molecular weight is 324 g/mol. The molecule has 0 N–H and O–H groups in total. The molecule has 0 unspecified atom stereocenters. The Morgan fingerprint density at radius 2 is 1.83 bits per heavy atom. The number of ether oxygens (including phenoxy) is 2. The summed E-state index contributed by atoms with van der Waals surface area (Å²) >= 11 is 0. The minimum atomic E-state index is -0.235. The van der Waals surface area contributed by atoms with E-state index in [1.807, 2.05) is 37.3 Å². The van der Waals surface area contributed by atoms with Gasteiger partial charge in [0.25, 0.3) is 0 Å². The van der Waals surface area contributed by atoms with Gasteiger partial charge >= 0.3 is 0 Å². The van der Waals surface area contributed by atoms with Gasteiger partial charge in [0.2, 0.25) is 0 Å². The molecule has 1 fully saturated rings. The largest absolute Gasteiger partial charge is 0.494 e. The van der Waals surface area contributed by atoms with Crippen LogP contribution in [0.15, 0.2) is 48.5 Å². The van der Waals surface area contributed by atoms with Crippen LogP contribution in [0.3, 0.4) is 0 Å². The van der Waals surface area contributed by atoms with Crippen LogP contribution in [0.2, 0.25) is 0 Å². The third-order valence-electron chi connectivity index (χ3n) is 4.88. The van der Waals surface area contributed by atoms with Gasteiger partial charge in [0, 0.05) is 11.6 Å². The summed E-state index contributed by atoms with van der Waals surface area (Å²) < 4.78 is 25.4. The third-order valence-corrected chi connectivity index (χ3v) is 4.88. The van der Waals surface area contributed by atoms with Crippen molar-refractivity contribution in [1.82, 2.24) is 0 Å². The van der Waals surface area contributed by atoms with Crippen molar-refractivity contribution in [3.05, 3.63) is 65.5 Å². The smallest absolute Gasteiger partial charge is 0.132 e. The summed E-state index contributed by atoms with van der Waals surface area (Å²) in [6.45, 7) is 2.60. The zero-order chi connectivity index (χ0) is 16.6. The molecule has 3 heteroatoms. The van der Waals surface area contributed by atoms with Crippen molar-refractivity contribution < 1.29 is 13.9 Å². The fraction of sp³-hybridized carbons (Fsp3) is 0.333. The Hall–Kier alpha value is -2.29. The van der Waals surface area contributed by atoms with Gasteiger partial charge in [0.05, 0.1) is 6.61 Å². The highest BCUT2D eigenvalue weighted by atomic mass is 19.1. The van der Waals surface area contributed by atoms with Crippen LogP contribution in [0.4, 0.5) is 4.39 Å². The van der Waals surface area contributed by atoms with E-state index >= 15 is 0 Å². The first-order valence-electron chi connectivity index (χ1n) is 8.64. The monoisotopic (exact) mass is 324 g/mol. The molecule has 0 atom stereocenters. The standard InChI is InChI=1S/C21H21FO2/c1-2-23-17-9-10-18-19(15-5-7-16(22)8-6-15)14-21(11-3-4-12-21)24-20(18)13-17/h5-10,13-14H,2-4,11-12H2,1H3.